The largest absolute Gasteiger partial charge is 0.334 e. The highest BCUT2D eigenvalue weighted by atomic mass is 32.2. The van der Waals surface area contributed by atoms with Crippen LogP contribution in [0.4, 0.5) is 0 Å². The van der Waals surface area contributed by atoms with Gasteiger partial charge in [-0.15, -0.1) is 0 Å². The van der Waals surface area contributed by atoms with Gasteiger partial charge in [0.25, 0.3) is 5.89 Å². The van der Waals surface area contributed by atoms with Gasteiger partial charge >= 0.3 is 0 Å². The summed E-state index contributed by atoms with van der Waals surface area (Å²) in [4.78, 5) is 4.78. The van der Waals surface area contributed by atoms with Gasteiger partial charge in [-0.25, -0.2) is 8.42 Å². The zero-order valence-electron chi connectivity index (χ0n) is 16.1. The fraction of sp³-hybridized carbons (Fsp3) is 0.333. The molecule has 0 N–H and O–H groups in total. The van der Waals surface area contributed by atoms with Crippen LogP contribution in [0.3, 0.4) is 0 Å². The first-order valence-electron chi connectivity index (χ1n) is 9.46. The minimum Gasteiger partial charge on any atom is -0.334 e. The van der Waals surface area contributed by atoms with Crippen molar-refractivity contribution in [3.05, 3.63) is 53.6 Å². The molecule has 2 heterocycles. The molecule has 7 heteroatoms. The van der Waals surface area contributed by atoms with E-state index in [0.29, 0.717) is 29.7 Å². The van der Waals surface area contributed by atoms with Crippen molar-refractivity contribution in [2.75, 3.05) is 13.1 Å². The maximum Gasteiger partial charge on any atom is 0.258 e. The van der Waals surface area contributed by atoms with E-state index in [9.17, 15) is 8.42 Å². The second-order valence-electron chi connectivity index (χ2n) is 7.29. The monoisotopic (exact) mass is 397 g/mol. The minimum atomic E-state index is -3.44. The molecule has 0 amide bonds. The Morgan fingerprint density at radius 2 is 1.54 bits per heavy atom. The molecular weight excluding hydrogens is 374 g/mol. The number of aromatic nitrogens is 2. The van der Waals surface area contributed by atoms with Crippen LogP contribution in [0.25, 0.3) is 22.8 Å². The molecule has 1 saturated heterocycles. The lowest BCUT2D eigenvalue weighted by molar-refractivity contribution is 0.346. The van der Waals surface area contributed by atoms with Gasteiger partial charge in [0.15, 0.2) is 0 Å². The molecule has 1 aliphatic rings. The van der Waals surface area contributed by atoms with Crippen LogP contribution in [0.5, 0.6) is 0 Å². The summed E-state index contributed by atoms with van der Waals surface area (Å²) in [5.74, 6) is 0.892. The molecular formula is C21H23N3O3S. The number of nitrogens with zero attached hydrogens (tertiary/aromatic N) is 3. The van der Waals surface area contributed by atoms with Crippen molar-refractivity contribution in [2.24, 2.45) is 0 Å². The summed E-state index contributed by atoms with van der Waals surface area (Å²) in [6.45, 7) is 5.23. The van der Waals surface area contributed by atoms with Gasteiger partial charge < -0.3 is 4.52 Å². The molecule has 6 nitrogen and oxygen atoms in total. The summed E-state index contributed by atoms with van der Waals surface area (Å²) in [5.41, 5.74) is 3.85. The first-order chi connectivity index (χ1) is 13.4. The van der Waals surface area contributed by atoms with Crippen LogP contribution in [0.1, 0.15) is 30.4 Å². The van der Waals surface area contributed by atoms with Gasteiger partial charge in [0.05, 0.1) is 4.90 Å². The molecule has 1 aliphatic heterocycles. The summed E-state index contributed by atoms with van der Waals surface area (Å²) < 4.78 is 32.5. The molecule has 3 aromatic rings. The first kappa shape index (κ1) is 18.8. The molecule has 0 unspecified atom stereocenters. The van der Waals surface area contributed by atoms with Gasteiger partial charge in [-0.2, -0.15) is 9.29 Å². The molecule has 1 aromatic heterocycles. The van der Waals surface area contributed by atoms with E-state index in [2.05, 4.69) is 16.2 Å². The first-order valence-corrected chi connectivity index (χ1v) is 10.9. The van der Waals surface area contributed by atoms with E-state index < -0.39 is 10.0 Å². The average Bonchev–Trinajstić information content (AvgIpc) is 3.18. The summed E-state index contributed by atoms with van der Waals surface area (Å²) >= 11 is 0. The molecule has 0 aliphatic carbocycles. The molecule has 1 fully saturated rings. The highest BCUT2D eigenvalue weighted by Crippen LogP contribution is 2.26. The van der Waals surface area contributed by atoms with Crippen LogP contribution in [-0.4, -0.2) is 36.0 Å². The van der Waals surface area contributed by atoms with Crippen molar-refractivity contribution in [3.8, 4) is 22.8 Å². The lowest BCUT2D eigenvalue weighted by Gasteiger charge is -2.25. The second kappa shape index (κ2) is 7.48. The standard InChI is InChI=1S/C21H23N3O3S/c1-15-12-16(2)14-18(13-15)21-22-20(23-27-21)17-6-8-19(9-7-17)28(25,26)24-10-4-3-5-11-24/h6-9,12-14H,3-5,10-11H2,1-2H3. The highest BCUT2D eigenvalue weighted by Gasteiger charge is 2.26. The second-order valence-corrected chi connectivity index (χ2v) is 9.23. The van der Waals surface area contributed by atoms with Gasteiger partial charge in [0.2, 0.25) is 15.8 Å². The fourth-order valence-electron chi connectivity index (χ4n) is 3.59. The molecule has 4 rings (SSSR count). The number of aryl methyl sites for hydroxylation is 2. The van der Waals surface area contributed by atoms with Crippen LogP contribution in [0, 0.1) is 13.8 Å². The Labute approximate surface area is 165 Å². The number of benzene rings is 2. The molecule has 0 radical (unpaired) electrons. The van der Waals surface area contributed by atoms with Crippen molar-refractivity contribution < 1.29 is 12.9 Å². The maximum absolute atomic E-state index is 12.8. The Morgan fingerprint density at radius 1 is 0.893 bits per heavy atom. The van der Waals surface area contributed by atoms with Crippen LogP contribution < -0.4 is 0 Å². The van der Waals surface area contributed by atoms with Crippen molar-refractivity contribution in [1.29, 1.82) is 0 Å². The van der Waals surface area contributed by atoms with E-state index in [0.717, 1.165) is 41.5 Å². The van der Waals surface area contributed by atoms with E-state index >= 15 is 0 Å². The Morgan fingerprint density at radius 3 is 2.18 bits per heavy atom. The summed E-state index contributed by atoms with van der Waals surface area (Å²) in [5, 5.41) is 4.06. The van der Waals surface area contributed by atoms with E-state index in [1.807, 2.05) is 26.0 Å². The smallest absolute Gasteiger partial charge is 0.258 e. The van der Waals surface area contributed by atoms with E-state index in [1.54, 1.807) is 28.6 Å². The maximum atomic E-state index is 12.8. The van der Waals surface area contributed by atoms with Crippen LogP contribution in [0.15, 0.2) is 51.9 Å². The number of hydrogen-bond acceptors (Lipinski definition) is 5. The normalized spacial score (nSPS) is 15.6. The predicted molar refractivity (Wildman–Crippen MR) is 107 cm³/mol. The van der Waals surface area contributed by atoms with Gasteiger partial charge in [0.1, 0.15) is 0 Å². The van der Waals surface area contributed by atoms with E-state index in [4.69, 9.17) is 4.52 Å². The van der Waals surface area contributed by atoms with Crippen LogP contribution in [-0.2, 0) is 10.0 Å². The third-order valence-corrected chi connectivity index (χ3v) is 6.87. The van der Waals surface area contributed by atoms with Crippen molar-refractivity contribution in [1.82, 2.24) is 14.4 Å². The molecule has 0 atom stereocenters. The van der Waals surface area contributed by atoms with Crippen molar-refractivity contribution in [3.63, 3.8) is 0 Å². The summed E-state index contributed by atoms with van der Waals surface area (Å²) in [6, 6.07) is 12.8. The van der Waals surface area contributed by atoms with Gasteiger partial charge in [-0.3, -0.25) is 0 Å². The van der Waals surface area contributed by atoms with Gasteiger partial charge in [-0.05, 0) is 63.1 Å². The highest BCUT2D eigenvalue weighted by molar-refractivity contribution is 7.89. The molecule has 0 spiro atoms. The topological polar surface area (TPSA) is 76.3 Å². The van der Waals surface area contributed by atoms with Crippen molar-refractivity contribution >= 4 is 10.0 Å². The summed E-state index contributed by atoms with van der Waals surface area (Å²) in [7, 11) is -3.44. The third-order valence-electron chi connectivity index (χ3n) is 4.96. The van der Waals surface area contributed by atoms with Crippen LogP contribution >= 0.6 is 0 Å². The zero-order valence-corrected chi connectivity index (χ0v) is 16.9. The molecule has 0 saturated carbocycles. The molecule has 28 heavy (non-hydrogen) atoms. The number of sulfonamides is 1. The number of hydrogen-bond donors (Lipinski definition) is 0. The Bertz CT molecular complexity index is 1060. The lowest BCUT2D eigenvalue weighted by Crippen LogP contribution is -2.35. The SMILES string of the molecule is Cc1cc(C)cc(-c2nc(-c3ccc(S(=O)(=O)N4CCCCC4)cc3)no2)c1. The quantitative estimate of drug-likeness (QED) is 0.660. The predicted octanol–water partition coefficient (Wildman–Crippen LogP) is 4.20. The van der Waals surface area contributed by atoms with E-state index in [1.165, 1.54) is 0 Å². The Hall–Kier alpha value is -2.51. The zero-order chi connectivity index (χ0) is 19.7. The number of rotatable bonds is 4. The molecule has 0 bridgehead atoms. The van der Waals surface area contributed by atoms with E-state index in [-0.39, 0.29) is 0 Å². The van der Waals surface area contributed by atoms with Gasteiger partial charge in [0, 0.05) is 24.2 Å². The Balaban J connectivity index is 1.59. The lowest BCUT2D eigenvalue weighted by atomic mass is 10.1. The van der Waals surface area contributed by atoms with Gasteiger partial charge in [-0.1, -0.05) is 28.8 Å². The van der Waals surface area contributed by atoms with Crippen molar-refractivity contribution in [2.45, 2.75) is 38.0 Å². The summed E-state index contributed by atoms with van der Waals surface area (Å²) in [6.07, 6.45) is 2.92. The Kier molecular flexibility index (Phi) is 5.03. The molecule has 2 aromatic carbocycles. The fourth-order valence-corrected chi connectivity index (χ4v) is 5.10. The minimum absolute atomic E-state index is 0.302. The number of piperidine rings is 1. The average molecular weight is 398 g/mol. The molecule has 146 valence electrons. The van der Waals surface area contributed by atoms with Crippen LogP contribution in [0.2, 0.25) is 0 Å². The third kappa shape index (κ3) is 3.72.